The van der Waals surface area contributed by atoms with Crippen LogP contribution in [0.3, 0.4) is 0 Å². The van der Waals surface area contributed by atoms with Crippen molar-refractivity contribution < 1.29 is 0 Å². The fraction of sp³-hybridized carbons (Fsp3) is 0.286. The first-order chi connectivity index (χ1) is 7.08. The highest BCUT2D eigenvalue weighted by Gasteiger charge is 2.10. The van der Waals surface area contributed by atoms with Crippen molar-refractivity contribution in [3.8, 4) is 0 Å². The predicted octanol–water partition coefficient (Wildman–Crippen LogP) is 4.70. The van der Waals surface area contributed by atoms with Crippen LogP contribution in [0.15, 0.2) is 59.5 Å². The third-order valence-corrected chi connectivity index (χ3v) is 2.73. The van der Waals surface area contributed by atoms with E-state index in [0.29, 0.717) is 0 Å². The summed E-state index contributed by atoms with van der Waals surface area (Å²) in [5.41, 5.74) is 0. The van der Waals surface area contributed by atoms with Crippen molar-refractivity contribution in [3.05, 3.63) is 54.6 Å². The smallest absolute Gasteiger partial charge is 0.0122 e. The van der Waals surface area contributed by atoms with E-state index in [1.165, 1.54) is 4.90 Å². The second-order valence-electron chi connectivity index (χ2n) is 4.30. The van der Waals surface area contributed by atoms with Gasteiger partial charge in [0.25, 0.3) is 0 Å². The van der Waals surface area contributed by atoms with Crippen molar-refractivity contribution in [1.82, 2.24) is 0 Å². The Morgan fingerprint density at radius 1 is 0.733 bits per heavy atom. The van der Waals surface area contributed by atoms with Gasteiger partial charge < -0.3 is 0 Å². The first-order valence-electron chi connectivity index (χ1n) is 5.15. The molecule has 0 saturated heterocycles. The minimum atomic E-state index is 0.258. The molecule has 0 heterocycles. The molecule has 0 atom stereocenters. The fourth-order valence-corrected chi connectivity index (χ4v) is 2.10. The Bertz CT molecular complexity index is 324. The molecular formula is C14H18S. The number of rotatable bonds is 1. The predicted molar refractivity (Wildman–Crippen MR) is 69.7 cm³/mol. The van der Waals surface area contributed by atoms with Gasteiger partial charge >= 0.3 is 0 Å². The molecule has 0 nitrogen and oxygen atoms in total. The largest absolute Gasteiger partial charge is 0.120 e. The van der Waals surface area contributed by atoms with E-state index in [9.17, 15) is 0 Å². The van der Waals surface area contributed by atoms with Crippen LogP contribution in [0.5, 0.6) is 0 Å². The van der Waals surface area contributed by atoms with Crippen molar-refractivity contribution in [1.29, 1.82) is 0 Å². The van der Waals surface area contributed by atoms with Crippen LogP contribution in [-0.4, -0.2) is 4.75 Å². The van der Waals surface area contributed by atoms with Crippen LogP contribution in [0.4, 0.5) is 0 Å². The molecule has 1 aromatic rings. The second-order valence-corrected chi connectivity index (χ2v) is 6.20. The summed E-state index contributed by atoms with van der Waals surface area (Å²) in [5, 5.41) is 0. The van der Waals surface area contributed by atoms with Gasteiger partial charge in [-0.2, -0.15) is 0 Å². The average molecular weight is 218 g/mol. The highest BCUT2D eigenvalue weighted by molar-refractivity contribution is 8.00. The Labute approximate surface area is 97.1 Å². The molecule has 0 spiro atoms. The molecule has 0 bridgehead atoms. The van der Waals surface area contributed by atoms with Crippen LogP contribution >= 0.6 is 11.8 Å². The van der Waals surface area contributed by atoms with Gasteiger partial charge in [0.15, 0.2) is 0 Å². The lowest BCUT2D eigenvalue weighted by Crippen LogP contribution is -2.06. The van der Waals surface area contributed by atoms with Crippen LogP contribution in [0.2, 0.25) is 0 Å². The molecule has 0 unspecified atom stereocenters. The van der Waals surface area contributed by atoms with E-state index in [0.717, 1.165) is 0 Å². The minimum Gasteiger partial charge on any atom is -0.120 e. The van der Waals surface area contributed by atoms with E-state index in [2.05, 4.69) is 45.0 Å². The standard InChI is InChI=1S/C14H18S/c1-14(2,3)15-13-11-9-7-5-4-6-8-10-12-13/h4-12H,1-3H3. The molecule has 0 radical (unpaired) electrons. The maximum absolute atomic E-state index is 2.23. The minimum absolute atomic E-state index is 0.258. The highest BCUT2D eigenvalue weighted by atomic mass is 32.2. The van der Waals surface area contributed by atoms with Crippen LogP contribution in [0, 0.1) is 0 Å². The Morgan fingerprint density at radius 2 is 1.13 bits per heavy atom. The van der Waals surface area contributed by atoms with Crippen molar-refractivity contribution in [2.45, 2.75) is 30.4 Å². The Balaban J connectivity index is 2.99. The Morgan fingerprint density at radius 3 is 1.53 bits per heavy atom. The number of hydrogen-bond donors (Lipinski definition) is 0. The maximum Gasteiger partial charge on any atom is 0.0122 e. The first kappa shape index (κ1) is 12.1. The molecule has 1 rings (SSSR count). The topological polar surface area (TPSA) is 0 Å². The van der Waals surface area contributed by atoms with Gasteiger partial charge in [0.05, 0.1) is 0 Å². The third-order valence-electron chi connectivity index (χ3n) is 1.61. The van der Waals surface area contributed by atoms with E-state index in [1.54, 1.807) is 0 Å². The van der Waals surface area contributed by atoms with Gasteiger partial charge in [0, 0.05) is 9.64 Å². The molecule has 15 heavy (non-hydrogen) atoms. The lowest BCUT2D eigenvalue weighted by atomic mass is 10.3. The molecule has 1 heteroatoms. The van der Waals surface area contributed by atoms with Crippen LogP contribution in [-0.2, 0) is 0 Å². The van der Waals surface area contributed by atoms with Gasteiger partial charge in [-0.3, -0.25) is 0 Å². The van der Waals surface area contributed by atoms with Gasteiger partial charge in [-0.1, -0.05) is 63.2 Å². The fourth-order valence-electron chi connectivity index (χ4n) is 1.10. The van der Waals surface area contributed by atoms with E-state index < -0.39 is 0 Å². The summed E-state index contributed by atoms with van der Waals surface area (Å²) in [6.45, 7) is 6.68. The molecular weight excluding hydrogens is 200 g/mol. The molecule has 0 aliphatic rings. The average Bonchev–Trinajstić information content (AvgIpc) is 2.13. The van der Waals surface area contributed by atoms with Crippen molar-refractivity contribution >= 4 is 11.8 Å². The van der Waals surface area contributed by atoms with Gasteiger partial charge in [-0.25, -0.2) is 0 Å². The van der Waals surface area contributed by atoms with Crippen LogP contribution in [0.1, 0.15) is 20.8 Å². The summed E-state index contributed by atoms with van der Waals surface area (Å²) in [6.07, 6.45) is 0. The summed E-state index contributed by atoms with van der Waals surface area (Å²) < 4.78 is 0.258. The number of thioether (sulfide) groups is 1. The molecule has 0 aromatic heterocycles. The summed E-state index contributed by atoms with van der Waals surface area (Å²) in [7, 11) is 0. The molecule has 0 aliphatic heterocycles. The van der Waals surface area contributed by atoms with Crippen molar-refractivity contribution in [2.24, 2.45) is 0 Å². The summed E-state index contributed by atoms with van der Waals surface area (Å²) >= 11 is 1.88. The van der Waals surface area contributed by atoms with Crippen molar-refractivity contribution in [2.75, 3.05) is 0 Å². The molecule has 80 valence electrons. The normalized spacial score (nSPS) is 10.6. The zero-order valence-corrected chi connectivity index (χ0v) is 10.4. The molecule has 0 N–H and O–H groups in total. The lowest BCUT2D eigenvalue weighted by molar-refractivity contribution is 0.803. The molecule has 0 amide bonds. The second kappa shape index (κ2) is 5.82. The maximum atomic E-state index is 2.23. The summed E-state index contributed by atoms with van der Waals surface area (Å²) in [6, 6.07) is 18.6. The number of hydrogen-bond acceptors (Lipinski definition) is 1. The molecule has 0 aliphatic carbocycles. The summed E-state index contributed by atoms with van der Waals surface area (Å²) in [5.74, 6) is 0. The zero-order chi connectivity index (χ0) is 11.1. The van der Waals surface area contributed by atoms with Gasteiger partial charge in [0.2, 0.25) is 0 Å². The SMILES string of the molecule is CC(C)(C)Sc1ccccccccc1. The Kier molecular flexibility index (Phi) is 4.70. The van der Waals surface area contributed by atoms with E-state index in [4.69, 9.17) is 0 Å². The van der Waals surface area contributed by atoms with Gasteiger partial charge in [0.1, 0.15) is 0 Å². The van der Waals surface area contributed by atoms with E-state index in [-0.39, 0.29) is 4.75 Å². The van der Waals surface area contributed by atoms with Crippen molar-refractivity contribution in [3.63, 3.8) is 0 Å². The Hall–Kier alpha value is -0.950. The zero-order valence-electron chi connectivity index (χ0n) is 9.60. The quantitative estimate of drug-likeness (QED) is 0.616. The van der Waals surface area contributed by atoms with E-state index in [1.807, 2.05) is 42.1 Å². The highest BCUT2D eigenvalue weighted by Crippen LogP contribution is 2.30. The molecule has 0 fully saturated rings. The van der Waals surface area contributed by atoms with Crippen LogP contribution in [0.25, 0.3) is 0 Å². The lowest BCUT2D eigenvalue weighted by Gasteiger charge is -2.16. The van der Waals surface area contributed by atoms with Gasteiger partial charge in [-0.15, -0.1) is 11.8 Å². The molecule has 0 saturated carbocycles. The monoisotopic (exact) mass is 218 g/mol. The summed E-state index contributed by atoms with van der Waals surface area (Å²) in [4.78, 5) is 1.29. The first-order valence-corrected chi connectivity index (χ1v) is 5.97. The van der Waals surface area contributed by atoms with Crippen LogP contribution < -0.4 is 0 Å². The van der Waals surface area contributed by atoms with Gasteiger partial charge in [-0.05, 0) is 12.1 Å². The molecule has 1 aromatic carbocycles. The third kappa shape index (κ3) is 6.19. The van der Waals surface area contributed by atoms with E-state index >= 15 is 0 Å².